The molecule has 0 spiro atoms. The fraction of sp³-hybridized carbons (Fsp3) is 0.111. The predicted octanol–water partition coefficient (Wildman–Crippen LogP) is 2.88. The van der Waals surface area contributed by atoms with Crippen LogP contribution in [0.1, 0.15) is 0 Å². The smallest absolute Gasteiger partial charge is 0.455 e. The fourth-order valence-electron chi connectivity index (χ4n) is 0.677. The van der Waals surface area contributed by atoms with E-state index < -0.39 is 5.97 Å². The number of esters is 1. The van der Waals surface area contributed by atoms with Gasteiger partial charge < -0.3 is 4.74 Å². The van der Waals surface area contributed by atoms with Gasteiger partial charge >= 0.3 is 12.0 Å². The minimum atomic E-state index is -0.647. The number of rotatable bonds is 1. The third-order valence-corrected chi connectivity index (χ3v) is 1.85. The van der Waals surface area contributed by atoms with Gasteiger partial charge in [-0.3, -0.25) is 5.43 Å². The first kappa shape index (κ1) is 10.5. The molecule has 0 heterocycles. The van der Waals surface area contributed by atoms with Crippen LogP contribution >= 0.6 is 15.9 Å². The Bertz CT molecular complexity index is 378. The SMILES string of the molecule is COC(=O)C#[N+][N-]c1ccc(Br)cc1. The highest BCUT2D eigenvalue weighted by Crippen LogP contribution is 2.20. The molecule has 0 saturated heterocycles. The number of nitrogens with zero attached hydrogens (tertiary/aromatic N) is 2. The van der Waals surface area contributed by atoms with Gasteiger partial charge in [-0.1, -0.05) is 38.7 Å². The van der Waals surface area contributed by atoms with Gasteiger partial charge in [-0.25, -0.2) is 4.79 Å². The molecule has 0 unspecified atom stereocenters. The molecule has 72 valence electrons. The van der Waals surface area contributed by atoms with Crippen LogP contribution in [0.4, 0.5) is 5.69 Å². The van der Waals surface area contributed by atoms with Crippen molar-refractivity contribution in [3.63, 3.8) is 0 Å². The topological polar surface area (TPSA) is 44.8 Å². The normalized spacial score (nSPS) is 8.43. The first-order valence-corrected chi connectivity index (χ1v) is 4.52. The van der Waals surface area contributed by atoms with E-state index in [1.165, 1.54) is 7.11 Å². The Morgan fingerprint density at radius 1 is 1.50 bits per heavy atom. The molecule has 1 aromatic carbocycles. The van der Waals surface area contributed by atoms with E-state index in [2.05, 4.69) is 37.1 Å². The average molecular weight is 255 g/mol. The highest BCUT2D eigenvalue weighted by atomic mass is 79.9. The van der Waals surface area contributed by atoms with Crippen molar-refractivity contribution in [3.8, 4) is 6.07 Å². The highest BCUT2D eigenvalue weighted by molar-refractivity contribution is 9.10. The number of halogens is 1. The molecule has 0 amide bonds. The Morgan fingerprint density at radius 2 is 2.14 bits per heavy atom. The van der Waals surface area contributed by atoms with Crippen LogP contribution in [0, 0.1) is 6.07 Å². The molecule has 0 atom stereocenters. The molecule has 5 heteroatoms. The van der Waals surface area contributed by atoms with Crippen molar-refractivity contribution in [1.82, 2.24) is 0 Å². The molecule has 0 radical (unpaired) electrons. The van der Waals surface area contributed by atoms with Gasteiger partial charge in [-0.05, 0) is 12.1 Å². The summed E-state index contributed by atoms with van der Waals surface area (Å²) in [5, 5.41) is 0. The number of hydrogen-bond donors (Lipinski definition) is 0. The van der Waals surface area contributed by atoms with E-state index >= 15 is 0 Å². The van der Waals surface area contributed by atoms with Gasteiger partial charge in [-0.2, -0.15) is 0 Å². The van der Waals surface area contributed by atoms with Crippen molar-refractivity contribution in [2.75, 3.05) is 7.11 Å². The summed E-state index contributed by atoms with van der Waals surface area (Å²) in [6.45, 7) is 0. The van der Waals surface area contributed by atoms with Crippen LogP contribution in [-0.2, 0) is 9.53 Å². The van der Waals surface area contributed by atoms with Crippen molar-refractivity contribution in [1.29, 1.82) is 0 Å². The molecule has 0 bridgehead atoms. The third-order valence-electron chi connectivity index (χ3n) is 1.32. The number of carbonyl (C=O) groups is 1. The summed E-state index contributed by atoms with van der Waals surface area (Å²) in [5.74, 6) is -0.647. The summed E-state index contributed by atoms with van der Waals surface area (Å²) < 4.78 is 5.25. The van der Waals surface area contributed by atoms with E-state index in [9.17, 15) is 4.79 Å². The molecule has 0 aliphatic carbocycles. The van der Waals surface area contributed by atoms with Crippen LogP contribution in [0.15, 0.2) is 28.7 Å². The second-order valence-electron chi connectivity index (χ2n) is 2.28. The zero-order chi connectivity index (χ0) is 10.4. The fourth-order valence-corrected chi connectivity index (χ4v) is 0.941. The van der Waals surface area contributed by atoms with Crippen LogP contribution in [-0.4, -0.2) is 13.1 Å². The quantitative estimate of drug-likeness (QED) is 0.440. The maximum atomic E-state index is 10.6. The van der Waals surface area contributed by atoms with Gasteiger partial charge in [-0.15, -0.1) is 0 Å². The van der Waals surface area contributed by atoms with Crippen LogP contribution in [0.5, 0.6) is 0 Å². The Labute approximate surface area is 89.8 Å². The number of benzene rings is 1. The van der Waals surface area contributed by atoms with Crippen molar-refractivity contribution in [2.45, 2.75) is 0 Å². The Morgan fingerprint density at radius 3 is 2.71 bits per heavy atom. The van der Waals surface area contributed by atoms with Crippen molar-refractivity contribution in [2.24, 2.45) is 0 Å². The summed E-state index contributed by atoms with van der Waals surface area (Å²) in [6, 6.07) is 9.25. The molecular formula is C9H7BrN2O2. The van der Waals surface area contributed by atoms with Crippen LogP contribution < -0.4 is 0 Å². The van der Waals surface area contributed by atoms with Gasteiger partial charge in [0.25, 0.3) is 0 Å². The van der Waals surface area contributed by atoms with Crippen molar-refractivity contribution >= 4 is 27.6 Å². The van der Waals surface area contributed by atoms with Gasteiger partial charge in [0.1, 0.15) is 0 Å². The number of hydrogen-bond acceptors (Lipinski definition) is 2. The lowest BCUT2D eigenvalue weighted by Crippen LogP contribution is -1.93. The summed E-state index contributed by atoms with van der Waals surface area (Å²) in [7, 11) is 1.25. The number of carbonyl (C=O) groups excluding carboxylic acids is 1. The number of ether oxygens (including phenoxy) is 1. The second kappa shape index (κ2) is 5.25. The summed E-state index contributed by atoms with van der Waals surface area (Å²) in [5.41, 5.74) is 4.37. The standard InChI is InChI=1S/C9H7BrN2O2/c1-14-9(13)6-11-12-8-4-2-7(10)3-5-8/h2-5H,1H3. The monoisotopic (exact) mass is 254 g/mol. The molecule has 0 N–H and O–H groups in total. The average Bonchev–Trinajstić information content (AvgIpc) is 2.21. The van der Waals surface area contributed by atoms with Gasteiger partial charge in [0.15, 0.2) is 0 Å². The minimum absolute atomic E-state index is 0.643. The lowest BCUT2D eigenvalue weighted by Gasteiger charge is -1.99. The molecule has 4 nitrogen and oxygen atoms in total. The zero-order valence-electron chi connectivity index (χ0n) is 7.40. The Kier molecular flexibility index (Phi) is 3.95. The van der Waals surface area contributed by atoms with Crippen LogP contribution in [0.3, 0.4) is 0 Å². The zero-order valence-corrected chi connectivity index (χ0v) is 8.98. The van der Waals surface area contributed by atoms with Gasteiger partial charge in [0.2, 0.25) is 0 Å². The Hall–Kier alpha value is -1.54. The predicted molar refractivity (Wildman–Crippen MR) is 56.4 cm³/mol. The second-order valence-corrected chi connectivity index (χ2v) is 3.20. The lowest BCUT2D eigenvalue weighted by atomic mass is 10.3. The van der Waals surface area contributed by atoms with Crippen molar-refractivity contribution in [3.05, 3.63) is 39.1 Å². The van der Waals surface area contributed by atoms with Gasteiger partial charge in [0.05, 0.1) is 7.11 Å². The molecule has 0 saturated carbocycles. The van der Waals surface area contributed by atoms with E-state index in [1.807, 2.05) is 12.1 Å². The molecule has 0 aromatic heterocycles. The van der Waals surface area contributed by atoms with E-state index in [0.717, 1.165) is 4.47 Å². The van der Waals surface area contributed by atoms with Gasteiger partial charge in [0, 0.05) is 4.47 Å². The molecule has 0 aliphatic rings. The van der Waals surface area contributed by atoms with E-state index in [4.69, 9.17) is 0 Å². The Balaban J connectivity index is 2.56. The first-order valence-electron chi connectivity index (χ1n) is 3.72. The van der Waals surface area contributed by atoms with Crippen molar-refractivity contribution < 1.29 is 9.53 Å². The molecule has 1 rings (SSSR count). The highest BCUT2D eigenvalue weighted by Gasteiger charge is 1.98. The lowest BCUT2D eigenvalue weighted by molar-refractivity contribution is -0.133. The summed E-state index contributed by atoms with van der Waals surface area (Å²) in [6.07, 6.45) is 0. The van der Waals surface area contributed by atoms with E-state index in [-0.39, 0.29) is 0 Å². The summed E-state index contributed by atoms with van der Waals surface area (Å²) >= 11 is 3.29. The molecular weight excluding hydrogens is 248 g/mol. The molecule has 0 aliphatic heterocycles. The van der Waals surface area contributed by atoms with Crippen LogP contribution in [0.25, 0.3) is 10.4 Å². The largest absolute Gasteiger partial charge is 0.459 e. The minimum Gasteiger partial charge on any atom is -0.455 e. The van der Waals surface area contributed by atoms with E-state index in [0.29, 0.717) is 5.69 Å². The van der Waals surface area contributed by atoms with Crippen LogP contribution in [0.2, 0.25) is 0 Å². The molecule has 14 heavy (non-hydrogen) atoms. The molecule has 0 fully saturated rings. The maximum Gasteiger partial charge on any atom is 0.459 e. The summed E-state index contributed by atoms with van der Waals surface area (Å²) in [4.78, 5) is 14.0. The number of methoxy groups -OCH3 is 1. The van der Waals surface area contributed by atoms with E-state index in [1.54, 1.807) is 12.1 Å². The first-order chi connectivity index (χ1) is 6.72. The molecule has 1 aromatic rings. The maximum absolute atomic E-state index is 10.6. The third kappa shape index (κ3) is 3.46.